The molecule has 7 heterocycles. The third kappa shape index (κ3) is 9.29. The van der Waals surface area contributed by atoms with Gasteiger partial charge in [0.25, 0.3) is 5.91 Å². The van der Waals surface area contributed by atoms with Crippen molar-refractivity contribution >= 4 is 50.9 Å². The predicted octanol–water partition coefficient (Wildman–Crippen LogP) is 7.27. The van der Waals surface area contributed by atoms with Gasteiger partial charge in [0.2, 0.25) is 11.8 Å². The molecule has 16 nitrogen and oxygen atoms in total. The standard InChI is InChI=1S/C58H67F2N9O7/c1-3-40-44(59)8-5-36-24-39(76-34-73-2)25-42(49(36)40)51-50(60)52-43(29-61-51)53(68-15-4-22-74-47-26-46(47)68)64-56(63-52)75-33-58(11-12-58)32-66-16-13-57(14-17-66)27-35(28-57)30-65-18-20-67(21-19-65)38-6-7-41-37(23-38)31-69(55(41)72)45-9-10-48(70)62-54(45)71/h5-8,23-25,29,35,45-47H,3-4,9-22,26-28,30-34H2,1-2H3,(H,62,70,71)/t45-,46?,47?/m0/s1. The smallest absolute Gasteiger partial charge is 0.319 e. The zero-order valence-corrected chi connectivity index (χ0v) is 43.6. The van der Waals surface area contributed by atoms with Gasteiger partial charge in [0.15, 0.2) is 12.6 Å². The number of nitrogens with one attached hydrogen (secondary N) is 1. The molecular weight excluding hydrogens is 973 g/mol. The number of fused-ring (bicyclic) bond motifs is 4. The lowest BCUT2D eigenvalue weighted by Gasteiger charge is -2.54. The molecule has 0 radical (unpaired) electrons. The van der Waals surface area contributed by atoms with Gasteiger partial charge in [-0.2, -0.15) is 9.97 Å². The van der Waals surface area contributed by atoms with Crippen molar-refractivity contribution in [1.29, 1.82) is 0 Å². The van der Waals surface area contributed by atoms with Gasteiger partial charge in [-0.25, -0.2) is 8.78 Å². The summed E-state index contributed by atoms with van der Waals surface area (Å²) in [6, 6.07) is 12.4. The largest absolute Gasteiger partial charge is 0.468 e. The van der Waals surface area contributed by atoms with Crippen LogP contribution >= 0.6 is 0 Å². The second-order valence-electron chi connectivity index (χ2n) is 23.1. The van der Waals surface area contributed by atoms with Crippen LogP contribution in [0.25, 0.3) is 32.9 Å². The summed E-state index contributed by atoms with van der Waals surface area (Å²) < 4.78 is 56.6. The fourth-order valence-electron chi connectivity index (χ4n) is 13.7. The van der Waals surface area contributed by atoms with Crippen molar-refractivity contribution in [3.8, 4) is 23.0 Å². The number of carbonyl (C=O) groups excluding carboxylic acids is 3. The molecule has 1 spiro atoms. The molecule has 3 saturated carbocycles. The Hall–Kier alpha value is -6.08. The first kappa shape index (κ1) is 49.5. The average molecular weight is 1040 g/mol. The number of ether oxygens (including phenoxy) is 4. The summed E-state index contributed by atoms with van der Waals surface area (Å²) in [7, 11) is 1.53. The number of piperazine rings is 1. The minimum atomic E-state index is -0.625. The van der Waals surface area contributed by atoms with Crippen molar-refractivity contribution in [1.82, 2.24) is 35.0 Å². The average Bonchev–Trinajstić information content (AvgIpc) is 4.39. The molecule has 7 fully saturated rings. The van der Waals surface area contributed by atoms with Gasteiger partial charge in [0.1, 0.15) is 34.6 Å². The van der Waals surface area contributed by atoms with E-state index >= 15 is 8.78 Å². The second-order valence-corrected chi connectivity index (χ2v) is 23.1. The summed E-state index contributed by atoms with van der Waals surface area (Å²) in [4.78, 5) is 63.6. The number of anilines is 2. The Labute approximate surface area is 441 Å². The number of carbonyl (C=O) groups is 3. The zero-order valence-electron chi connectivity index (χ0n) is 43.6. The van der Waals surface area contributed by atoms with E-state index in [1.54, 1.807) is 23.2 Å². The number of imide groups is 1. The first-order valence-electron chi connectivity index (χ1n) is 27.7. The zero-order chi connectivity index (χ0) is 51.9. The lowest BCUT2D eigenvalue weighted by Crippen LogP contribution is -2.53. The Morgan fingerprint density at radius 3 is 2.49 bits per heavy atom. The monoisotopic (exact) mass is 1040 g/mol. The van der Waals surface area contributed by atoms with Gasteiger partial charge < -0.3 is 38.5 Å². The summed E-state index contributed by atoms with van der Waals surface area (Å²) >= 11 is 0. The first-order chi connectivity index (χ1) is 37.0. The quantitative estimate of drug-likeness (QED) is 0.0826. The van der Waals surface area contributed by atoms with E-state index in [0.29, 0.717) is 89.0 Å². The summed E-state index contributed by atoms with van der Waals surface area (Å²) in [5, 5.41) is 4.18. The number of aromatic nitrogens is 3. The highest BCUT2D eigenvalue weighted by Gasteiger charge is 2.50. The lowest BCUT2D eigenvalue weighted by molar-refractivity contribution is -0.136. The molecule has 5 aromatic rings. The van der Waals surface area contributed by atoms with Crippen LogP contribution < -0.4 is 24.6 Å². The number of hydrogen-bond donors (Lipinski definition) is 1. The fraction of sp³-hybridized carbons (Fsp3) is 0.552. The molecule has 0 bridgehead atoms. The van der Waals surface area contributed by atoms with Crippen molar-refractivity contribution < 1.29 is 42.1 Å². The first-order valence-corrected chi connectivity index (χ1v) is 27.7. The summed E-state index contributed by atoms with van der Waals surface area (Å²) in [5.41, 5.74) is 4.19. The van der Waals surface area contributed by atoms with Crippen LogP contribution in [0.5, 0.6) is 11.8 Å². The topological polar surface area (TPSA) is 155 Å². The van der Waals surface area contributed by atoms with Crippen molar-refractivity contribution in [3.05, 3.63) is 77.0 Å². The van der Waals surface area contributed by atoms with E-state index in [4.69, 9.17) is 33.9 Å². The Kier molecular flexibility index (Phi) is 12.9. The molecule has 18 heteroatoms. The van der Waals surface area contributed by atoms with E-state index in [9.17, 15) is 14.4 Å². The molecule has 3 aliphatic carbocycles. The molecule has 13 rings (SSSR count). The number of amides is 3. The third-order valence-electron chi connectivity index (χ3n) is 18.1. The lowest BCUT2D eigenvalue weighted by atomic mass is 9.57. The van der Waals surface area contributed by atoms with Crippen LogP contribution in [-0.2, 0) is 32.0 Å². The van der Waals surface area contributed by atoms with Crippen LogP contribution in [-0.4, -0.2) is 152 Å². The van der Waals surface area contributed by atoms with Crippen molar-refractivity contribution in [2.24, 2.45) is 16.7 Å². The van der Waals surface area contributed by atoms with E-state index in [2.05, 4.69) is 31.0 Å². The number of piperidine rings is 2. The summed E-state index contributed by atoms with van der Waals surface area (Å²) in [5.74, 6) is -0.0117. The number of hydrogen-bond acceptors (Lipinski definition) is 14. The van der Waals surface area contributed by atoms with Gasteiger partial charge in [-0.1, -0.05) is 13.0 Å². The minimum Gasteiger partial charge on any atom is -0.468 e. The molecule has 3 aromatic carbocycles. The molecule has 3 amide bonds. The van der Waals surface area contributed by atoms with Crippen LogP contribution in [0.1, 0.15) is 92.6 Å². The Bertz CT molecular complexity index is 3110. The van der Waals surface area contributed by atoms with Gasteiger partial charge >= 0.3 is 6.01 Å². The maximum atomic E-state index is 17.5. The molecular formula is C58H67F2N9O7. The van der Waals surface area contributed by atoms with Gasteiger partial charge in [-0.05, 0) is 147 Å². The van der Waals surface area contributed by atoms with Gasteiger partial charge in [-0.15, -0.1) is 0 Å². The Morgan fingerprint density at radius 2 is 1.71 bits per heavy atom. The Balaban J connectivity index is 0.638. The highest BCUT2D eigenvalue weighted by atomic mass is 19.1. The summed E-state index contributed by atoms with van der Waals surface area (Å²) in [6.07, 6.45) is 11.6. The number of benzene rings is 3. The van der Waals surface area contributed by atoms with Gasteiger partial charge in [0, 0.05) is 101 Å². The number of nitrogens with zero attached hydrogens (tertiary/aromatic N) is 8. The van der Waals surface area contributed by atoms with Crippen molar-refractivity contribution in [3.63, 3.8) is 0 Å². The van der Waals surface area contributed by atoms with Crippen molar-refractivity contribution in [2.75, 3.05) is 95.8 Å². The van der Waals surface area contributed by atoms with Crippen LogP contribution in [0, 0.1) is 28.4 Å². The molecule has 4 saturated heterocycles. The molecule has 400 valence electrons. The van der Waals surface area contributed by atoms with Crippen LogP contribution in [0.4, 0.5) is 20.3 Å². The van der Waals surface area contributed by atoms with E-state index in [0.717, 1.165) is 95.2 Å². The van der Waals surface area contributed by atoms with Gasteiger partial charge in [-0.3, -0.25) is 29.6 Å². The number of rotatable bonds is 15. The molecule has 76 heavy (non-hydrogen) atoms. The number of likely N-dealkylation sites (tertiary alicyclic amines) is 1. The van der Waals surface area contributed by atoms with Crippen molar-refractivity contribution in [2.45, 2.75) is 102 Å². The minimum absolute atomic E-state index is 0.00782. The summed E-state index contributed by atoms with van der Waals surface area (Å²) in [6.45, 7) is 12.2. The maximum absolute atomic E-state index is 17.5. The SMILES string of the molecule is CCc1c(F)ccc2cc(OCOC)cc(-c3ncc4c(N5CCCOC6CC65)nc(OCC5(CN6CCC7(CC6)CC(CN6CCN(c8ccc9c(c8)CN([C@H]8CCC(=O)NC8=O)C9=O)CC6)C7)CC5)nc4c3F)c12. The fourth-order valence-corrected chi connectivity index (χ4v) is 13.7. The normalized spacial score (nSPS) is 24.4. The molecule has 2 unspecified atom stereocenters. The predicted molar refractivity (Wildman–Crippen MR) is 281 cm³/mol. The van der Waals surface area contributed by atoms with Gasteiger partial charge in [0.05, 0.1) is 24.1 Å². The number of methoxy groups -OCH3 is 1. The Morgan fingerprint density at radius 1 is 0.882 bits per heavy atom. The molecule has 8 aliphatic rings. The molecule has 5 aliphatic heterocycles. The van der Waals surface area contributed by atoms with Crippen LogP contribution in [0.3, 0.4) is 0 Å². The molecule has 3 atom stereocenters. The third-order valence-corrected chi connectivity index (χ3v) is 18.1. The highest BCUT2D eigenvalue weighted by Crippen LogP contribution is 2.54. The van der Waals surface area contributed by atoms with E-state index in [1.807, 2.05) is 25.1 Å². The molecule has 1 N–H and O–H groups in total. The van der Waals surface area contributed by atoms with E-state index in [1.165, 1.54) is 38.9 Å². The van der Waals surface area contributed by atoms with Crippen LogP contribution in [0.15, 0.2) is 48.7 Å². The number of pyridine rings is 1. The van der Waals surface area contributed by atoms with E-state index < -0.39 is 11.9 Å². The van der Waals surface area contributed by atoms with Crippen LogP contribution in [0.2, 0.25) is 0 Å². The molecule has 2 aromatic heterocycles. The second kappa shape index (κ2) is 19.7. The number of halogens is 2. The van der Waals surface area contributed by atoms with E-state index in [-0.39, 0.29) is 71.5 Å². The highest BCUT2D eigenvalue weighted by molar-refractivity contribution is 6.06. The maximum Gasteiger partial charge on any atom is 0.319 e. The number of aryl methyl sites for hydroxylation is 1.